The number of hydrogen-bond donors (Lipinski definition) is 2. The minimum Gasteiger partial charge on any atom is -0.387 e. The summed E-state index contributed by atoms with van der Waals surface area (Å²) in [4.78, 5) is 2.15. The summed E-state index contributed by atoms with van der Waals surface area (Å²) in [5, 5.41) is 7.16. The van der Waals surface area contributed by atoms with Gasteiger partial charge in [0, 0.05) is 13.1 Å². The fourth-order valence-electron chi connectivity index (χ4n) is 1.65. The predicted octanol–water partition coefficient (Wildman–Crippen LogP) is 0.0316. The molecular weight excluding hydrogens is 154 g/mol. The Morgan fingerprint density at radius 3 is 2.42 bits per heavy atom. The van der Waals surface area contributed by atoms with Gasteiger partial charge in [0.15, 0.2) is 0 Å². The molecule has 0 aromatic rings. The van der Waals surface area contributed by atoms with Gasteiger partial charge in [-0.25, -0.2) is 0 Å². The molecule has 1 aliphatic heterocycles. The zero-order valence-electron chi connectivity index (χ0n) is 7.71. The third-order valence-corrected chi connectivity index (χ3v) is 1.89. The molecule has 2 atom stereocenters. The SMILES string of the molecule is CC1CN(CC(=N)N)CC(C)O1. The number of amidine groups is 1. The van der Waals surface area contributed by atoms with Gasteiger partial charge >= 0.3 is 0 Å². The van der Waals surface area contributed by atoms with E-state index in [1.54, 1.807) is 0 Å². The number of ether oxygens (including phenoxy) is 1. The Balaban J connectivity index is 2.38. The third kappa shape index (κ3) is 2.79. The standard InChI is InChI=1S/C8H17N3O/c1-6-3-11(5-8(9)10)4-7(2)12-6/h6-7H,3-5H2,1-2H3,(H3,9,10). The molecule has 1 heterocycles. The molecule has 0 saturated carbocycles. The molecule has 0 aromatic heterocycles. The van der Waals surface area contributed by atoms with Gasteiger partial charge in [-0.15, -0.1) is 0 Å². The molecule has 0 bridgehead atoms. The van der Waals surface area contributed by atoms with Crippen molar-refractivity contribution >= 4 is 5.84 Å². The van der Waals surface area contributed by atoms with Crippen molar-refractivity contribution in [3.05, 3.63) is 0 Å². The summed E-state index contributed by atoms with van der Waals surface area (Å²) in [7, 11) is 0. The number of nitrogens with one attached hydrogen (secondary N) is 1. The molecule has 2 unspecified atom stereocenters. The molecule has 1 saturated heterocycles. The minimum atomic E-state index is 0.233. The highest BCUT2D eigenvalue weighted by Gasteiger charge is 2.21. The molecule has 0 spiro atoms. The van der Waals surface area contributed by atoms with Crippen molar-refractivity contribution in [2.75, 3.05) is 19.6 Å². The fourth-order valence-corrected chi connectivity index (χ4v) is 1.65. The van der Waals surface area contributed by atoms with Gasteiger partial charge in [0.2, 0.25) is 0 Å². The average Bonchev–Trinajstić information content (AvgIpc) is 1.81. The molecule has 12 heavy (non-hydrogen) atoms. The average molecular weight is 171 g/mol. The predicted molar refractivity (Wildman–Crippen MR) is 48.4 cm³/mol. The van der Waals surface area contributed by atoms with Crippen molar-refractivity contribution in [3.63, 3.8) is 0 Å². The van der Waals surface area contributed by atoms with Crippen LogP contribution in [-0.4, -0.2) is 42.6 Å². The number of hydrogen-bond acceptors (Lipinski definition) is 3. The first-order valence-corrected chi connectivity index (χ1v) is 4.28. The molecule has 4 nitrogen and oxygen atoms in total. The third-order valence-electron chi connectivity index (χ3n) is 1.89. The summed E-state index contributed by atoms with van der Waals surface area (Å²) < 4.78 is 5.54. The van der Waals surface area contributed by atoms with E-state index in [0.29, 0.717) is 6.54 Å². The van der Waals surface area contributed by atoms with Crippen LogP contribution in [0.1, 0.15) is 13.8 Å². The first-order chi connectivity index (χ1) is 5.58. The lowest BCUT2D eigenvalue weighted by atomic mass is 10.2. The quantitative estimate of drug-likeness (QED) is 0.455. The van der Waals surface area contributed by atoms with Gasteiger partial charge in [0.1, 0.15) is 5.84 Å². The fraction of sp³-hybridized carbons (Fsp3) is 0.875. The summed E-state index contributed by atoms with van der Waals surface area (Å²) in [5.74, 6) is 0.233. The Bertz CT molecular complexity index is 162. The Morgan fingerprint density at radius 1 is 1.50 bits per heavy atom. The largest absolute Gasteiger partial charge is 0.387 e. The lowest BCUT2D eigenvalue weighted by molar-refractivity contribution is -0.0635. The van der Waals surface area contributed by atoms with Crippen LogP contribution in [0.2, 0.25) is 0 Å². The number of morpholine rings is 1. The maximum absolute atomic E-state index is 7.16. The molecule has 1 fully saturated rings. The summed E-state index contributed by atoms with van der Waals surface area (Å²) in [6.45, 7) is 6.41. The summed E-state index contributed by atoms with van der Waals surface area (Å²) in [6, 6.07) is 0. The van der Waals surface area contributed by atoms with Crippen molar-refractivity contribution < 1.29 is 4.74 Å². The normalized spacial score (nSPS) is 31.8. The van der Waals surface area contributed by atoms with E-state index in [1.807, 2.05) is 13.8 Å². The van der Waals surface area contributed by atoms with Gasteiger partial charge in [0.05, 0.1) is 18.8 Å². The molecule has 3 N–H and O–H groups in total. The van der Waals surface area contributed by atoms with Crippen molar-refractivity contribution in [3.8, 4) is 0 Å². The van der Waals surface area contributed by atoms with E-state index in [2.05, 4.69) is 4.90 Å². The second kappa shape index (κ2) is 3.87. The molecule has 4 heteroatoms. The van der Waals surface area contributed by atoms with E-state index >= 15 is 0 Å². The van der Waals surface area contributed by atoms with Crippen LogP contribution >= 0.6 is 0 Å². The molecule has 1 aliphatic rings. The monoisotopic (exact) mass is 171 g/mol. The molecule has 0 aliphatic carbocycles. The summed E-state index contributed by atoms with van der Waals surface area (Å²) >= 11 is 0. The van der Waals surface area contributed by atoms with Crippen LogP contribution in [0.5, 0.6) is 0 Å². The van der Waals surface area contributed by atoms with Gasteiger partial charge in [-0.3, -0.25) is 10.3 Å². The molecule has 0 amide bonds. The molecule has 0 radical (unpaired) electrons. The highest BCUT2D eigenvalue weighted by molar-refractivity contribution is 5.78. The first-order valence-electron chi connectivity index (χ1n) is 4.28. The van der Waals surface area contributed by atoms with E-state index in [1.165, 1.54) is 0 Å². The zero-order valence-corrected chi connectivity index (χ0v) is 7.71. The van der Waals surface area contributed by atoms with Crippen LogP contribution in [0.15, 0.2) is 0 Å². The Hall–Kier alpha value is -0.610. The molecular formula is C8H17N3O. The number of nitrogens with two attached hydrogens (primary N) is 1. The highest BCUT2D eigenvalue weighted by Crippen LogP contribution is 2.09. The van der Waals surface area contributed by atoms with Crippen LogP contribution in [-0.2, 0) is 4.74 Å². The molecule has 1 rings (SSSR count). The van der Waals surface area contributed by atoms with Crippen LogP contribution in [0.3, 0.4) is 0 Å². The van der Waals surface area contributed by atoms with Crippen molar-refractivity contribution in [2.24, 2.45) is 5.73 Å². The van der Waals surface area contributed by atoms with E-state index < -0.39 is 0 Å². The Morgan fingerprint density at radius 2 is 2.00 bits per heavy atom. The van der Waals surface area contributed by atoms with E-state index in [0.717, 1.165) is 13.1 Å². The summed E-state index contributed by atoms with van der Waals surface area (Å²) in [6.07, 6.45) is 0.515. The second-order valence-electron chi connectivity index (χ2n) is 3.48. The Labute approximate surface area is 73.2 Å². The molecule has 0 aromatic carbocycles. The number of rotatable bonds is 2. The van der Waals surface area contributed by atoms with Gasteiger partial charge < -0.3 is 10.5 Å². The zero-order chi connectivity index (χ0) is 9.14. The smallest absolute Gasteiger partial charge is 0.105 e. The second-order valence-corrected chi connectivity index (χ2v) is 3.48. The topological polar surface area (TPSA) is 62.3 Å². The first kappa shape index (κ1) is 9.48. The van der Waals surface area contributed by atoms with Crippen LogP contribution in [0, 0.1) is 5.41 Å². The minimum absolute atomic E-state index is 0.233. The maximum Gasteiger partial charge on any atom is 0.105 e. The van der Waals surface area contributed by atoms with E-state index in [4.69, 9.17) is 15.9 Å². The van der Waals surface area contributed by atoms with Crippen molar-refractivity contribution in [1.29, 1.82) is 5.41 Å². The van der Waals surface area contributed by atoms with Crippen molar-refractivity contribution in [2.45, 2.75) is 26.1 Å². The summed E-state index contributed by atoms with van der Waals surface area (Å²) in [5.41, 5.74) is 5.31. The van der Waals surface area contributed by atoms with Gasteiger partial charge in [-0.2, -0.15) is 0 Å². The van der Waals surface area contributed by atoms with E-state index in [9.17, 15) is 0 Å². The lowest BCUT2D eigenvalue weighted by Gasteiger charge is -2.34. The van der Waals surface area contributed by atoms with Gasteiger partial charge in [0.25, 0.3) is 0 Å². The number of nitrogens with zero attached hydrogens (tertiary/aromatic N) is 1. The molecule has 70 valence electrons. The van der Waals surface area contributed by atoms with Crippen LogP contribution in [0.25, 0.3) is 0 Å². The van der Waals surface area contributed by atoms with Crippen molar-refractivity contribution in [1.82, 2.24) is 4.90 Å². The van der Waals surface area contributed by atoms with E-state index in [-0.39, 0.29) is 18.0 Å². The highest BCUT2D eigenvalue weighted by atomic mass is 16.5. The van der Waals surface area contributed by atoms with Gasteiger partial charge in [-0.05, 0) is 13.8 Å². The van der Waals surface area contributed by atoms with Crippen LogP contribution in [0.4, 0.5) is 0 Å². The Kier molecular flexibility index (Phi) is 3.05. The van der Waals surface area contributed by atoms with Crippen LogP contribution < -0.4 is 5.73 Å². The lowest BCUT2D eigenvalue weighted by Crippen LogP contribution is -2.48. The van der Waals surface area contributed by atoms with Gasteiger partial charge in [-0.1, -0.05) is 0 Å². The maximum atomic E-state index is 7.16.